The Labute approximate surface area is 125 Å². The van der Waals surface area contributed by atoms with Crippen molar-refractivity contribution in [1.29, 1.82) is 0 Å². The fourth-order valence-electron chi connectivity index (χ4n) is 1.50. The normalized spacial score (nSPS) is 13.7. The van der Waals surface area contributed by atoms with Crippen LogP contribution < -0.4 is 11.1 Å². The Morgan fingerprint density at radius 2 is 1.90 bits per heavy atom. The van der Waals surface area contributed by atoms with Gasteiger partial charge in [-0.3, -0.25) is 5.32 Å². The van der Waals surface area contributed by atoms with Crippen LogP contribution in [-0.4, -0.2) is 17.9 Å². The van der Waals surface area contributed by atoms with Crippen LogP contribution in [0.2, 0.25) is 5.02 Å². The van der Waals surface area contributed by atoms with Gasteiger partial charge >= 0.3 is 12.3 Å². The molecule has 8 heteroatoms. The summed E-state index contributed by atoms with van der Waals surface area (Å²) in [6, 6.07) is 1.34. The van der Waals surface area contributed by atoms with Crippen molar-refractivity contribution in [3.63, 3.8) is 0 Å². The Morgan fingerprint density at radius 1 is 1.33 bits per heavy atom. The number of carbonyl (C=O) groups excluding carboxylic acids is 1. The lowest BCUT2D eigenvalue weighted by Crippen LogP contribution is -2.31. The number of hydrogen-bond acceptors (Lipinski definition) is 3. The maximum Gasteiger partial charge on any atom is 0.412 e. The minimum Gasteiger partial charge on any atom is -0.444 e. The van der Waals surface area contributed by atoms with Gasteiger partial charge < -0.3 is 10.5 Å². The van der Waals surface area contributed by atoms with Gasteiger partial charge in [0.2, 0.25) is 0 Å². The monoisotopic (exact) mass is 324 g/mol. The molecule has 3 N–H and O–H groups in total. The maximum atomic E-state index is 12.7. The summed E-state index contributed by atoms with van der Waals surface area (Å²) in [7, 11) is 0. The summed E-state index contributed by atoms with van der Waals surface area (Å²) in [5.74, 6) is 0. The van der Waals surface area contributed by atoms with Crippen LogP contribution in [0.4, 0.5) is 23.7 Å². The van der Waals surface area contributed by atoms with Gasteiger partial charge in [0, 0.05) is 10.6 Å². The van der Waals surface area contributed by atoms with Gasteiger partial charge in [0.1, 0.15) is 11.6 Å². The van der Waals surface area contributed by atoms with E-state index in [9.17, 15) is 18.0 Å². The van der Waals surface area contributed by atoms with Crippen molar-refractivity contribution in [2.75, 3.05) is 5.32 Å². The Balaban J connectivity index is 3.06. The Morgan fingerprint density at radius 3 is 2.38 bits per heavy atom. The van der Waals surface area contributed by atoms with E-state index in [2.05, 4.69) is 5.32 Å². The highest BCUT2D eigenvalue weighted by molar-refractivity contribution is 6.31. The van der Waals surface area contributed by atoms with Crippen molar-refractivity contribution in [3.05, 3.63) is 28.8 Å². The molecule has 1 atom stereocenters. The second-order valence-corrected chi connectivity index (χ2v) is 5.81. The van der Waals surface area contributed by atoms with Gasteiger partial charge in [-0.05, 0) is 32.9 Å². The van der Waals surface area contributed by atoms with Crippen molar-refractivity contribution < 1.29 is 22.7 Å². The highest BCUT2D eigenvalue weighted by atomic mass is 35.5. The van der Waals surface area contributed by atoms with Gasteiger partial charge in [-0.2, -0.15) is 13.2 Å². The van der Waals surface area contributed by atoms with Crippen LogP contribution in [0.15, 0.2) is 18.2 Å². The number of halogens is 4. The second-order valence-electron chi connectivity index (χ2n) is 5.38. The summed E-state index contributed by atoms with van der Waals surface area (Å²) in [5, 5.41) is 2.40. The molecular formula is C13H16ClF3N2O2. The first-order valence-electron chi connectivity index (χ1n) is 6.02. The quantitative estimate of drug-likeness (QED) is 0.854. The molecule has 0 radical (unpaired) electrons. The minimum atomic E-state index is -4.64. The average molecular weight is 325 g/mol. The number of alkyl halides is 3. The summed E-state index contributed by atoms with van der Waals surface area (Å²) in [6.07, 6.45) is -5.53. The zero-order valence-corrected chi connectivity index (χ0v) is 12.5. The highest BCUT2D eigenvalue weighted by Gasteiger charge is 2.39. The third kappa shape index (κ3) is 5.43. The number of nitrogens with two attached hydrogens (primary N) is 1. The van der Waals surface area contributed by atoms with Crippen LogP contribution in [0, 0.1) is 0 Å². The summed E-state index contributed by atoms with van der Waals surface area (Å²) in [6.45, 7) is 4.90. The van der Waals surface area contributed by atoms with E-state index in [-0.39, 0.29) is 16.3 Å². The topological polar surface area (TPSA) is 64.3 Å². The third-order valence-corrected chi connectivity index (χ3v) is 2.57. The molecule has 21 heavy (non-hydrogen) atoms. The lowest BCUT2D eigenvalue weighted by atomic mass is 10.1. The standard InChI is InChI=1S/C13H16ClF3N2O2/c1-12(2,3)21-11(20)19-9-6-7(14)4-5-8(9)10(18)13(15,16)17/h4-6,10H,18H2,1-3H3,(H,19,20). The van der Waals surface area contributed by atoms with Crippen molar-refractivity contribution in [1.82, 2.24) is 0 Å². The SMILES string of the molecule is CC(C)(C)OC(=O)Nc1cc(Cl)ccc1C(N)C(F)(F)F. The fourth-order valence-corrected chi connectivity index (χ4v) is 1.67. The minimum absolute atomic E-state index is 0.137. The van der Waals surface area contributed by atoms with E-state index >= 15 is 0 Å². The zero-order valence-electron chi connectivity index (χ0n) is 11.7. The van der Waals surface area contributed by atoms with Crippen molar-refractivity contribution in [2.24, 2.45) is 5.73 Å². The molecule has 0 saturated carbocycles. The molecule has 0 aromatic heterocycles. The summed E-state index contributed by atoms with van der Waals surface area (Å²) in [5.41, 5.74) is 3.95. The number of benzene rings is 1. The van der Waals surface area contributed by atoms with Gasteiger partial charge in [0.25, 0.3) is 0 Å². The third-order valence-electron chi connectivity index (χ3n) is 2.34. The molecule has 0 spiro atoms. The van der Waals surface area contributed by atoms with Crippen molar-refractivity contribution in [3.8, 4) is 0 Å². The lowest BCUT2D eigenvalue weighted by Gasteiger charge is -2.22. The number of anilines is 1. The van der Waals surface area contributed by atoms with E-state index < -0.39 is 23.9 Å². The molecule has 1 aromatic rings. The van der Waals surface area contributed by atoms with E-state index in [1.165, 1.54) is 12.1 Å². The smallest absolute Gasteiger partial charge is 0.412 e. The molecule has 1 rings (SSSR count). The predicted molar refractivity (Wildman–Crippen MR) is 74.3 cm³/mol. The number of carbonyl (C=O) groups is 1. The van der Waals surface area contributed by atoms with Gasteiger partial charge in [-0.25, -0.2) is 4.79 Å². The van der Waals surface area contributed by atoms with Crippen LogP contribution in [-0.2, 0) is 4.74 Å². The van der Waals surface area contributed by atoms with Crippen LogP contribution in [0.5, 0.6) is 0 Å². The van der Waals surface area contributed by atoms with Gasteiger partial charge in [0.05, 0.1) is 5.69 Å². The Bertz CT molecular complexity index is 527. The molecule has 1 aromatic carbocycles. The van der Waals surface area contributed by atoms with E-state index in [1.807, 2.05) is 0 Å². The molecule has 1 amide bonds. The highest BCUT2D eigenvalue weighted by Crippen LogP contribution is 2.35. The van der Waals surface area contributed by atoms with E-state index in [4.69, 9.17) is 22.1 Å². The Kier molecular flexibility index (Phi) is 5.11. The summed E-state index contributed by atoms with van der Waals surface area (Å²) >= 11 is 5.74. The van der Waals surface area contributed by atoms with Gasteiger partial charge in [-0.1, -0.05) is 17.7 Å². The number of amides is 1. The molecule has 0 bridgehead atoms. The Hall–Kier alpha value is -1.47. The van der Waals surface area contributed by atoms with Gasteiger partial charge in [-0.15, -0.1) is 0 Å². The number of rotatable bonds is 2. The van der Waals surface area contributed by atoms with E-state index in [0.29, 0.717) is 0 Å². The summed E-state index contributed by atoms with van der Waals surface area (Å²) < 4.78 is 43.2. The van der Waals surface area contributed by atoms with E-state index in [1.54, 1.807) is 20.8 Å². The average Bonchev–Trinajstić information content (AvgIpc) is 2.24. The van der Waals surface area contributed by atoms with Crippen LogP contribution in [0.1, 0.15) is 32.4 Å². The maximum absolute atomic E-state index is 12.7. The zero-order chi connectivity index (χ0) is 16.4. The lowest BCUT2D eigenvalue weighted by molar-refractivity contribution is -0.149. The summed E-state index contributed by atoms with van der Waals surface area (Å²) in [4.78, 5) is 11.7. The first-order valence-corrected chi connectivity index (χ1v) is 6.39. The predicted octanol–water partition coefficient (Wildman–Crippen LogP) is 4.25. The molecule has 0 saturated heterocycles. The first kappa shape index (κ1) is 17.6. The molecule has 0 fully saturated rings. The second kappa shape index (κ2) is 6.11. The number of nitrogens with one attached hydrogen (secondary N) is 1. The molecule has 118 valence electrons. The van der Waals surface area contributed by atoms with Crippen LogP contribution in [0.25, 0.3) is 0 Å². The fraction of sp³-hybridized carbons (Fsp3) is 0.462. The van der Waals surface area contributed by atoms with Crippen molar-refractivity contribution >= 4 is 23.4 Å². The van der Waals surface area contributed by atoms with Crippen molar-refractivity contribution in [2.45, 2.75) is 38.6 Å². The number of ether oxygens (including phenoxy) is 1. The molecule has 4 nitrogen and oxygen atoms in total. The molecule has 0 aliphatic rings. The molecule has 0 aliphatic carbocycles. The molecular weight excluding hydrogens is 309 g/mol. The van der Waals surface area contributed by atoms with Gasteiger partial charge in [0.15, 0.2) is 0 Å². The van der Waals surface area contributed by atoms with Crippen LogP contribution in [0.3, 0.4) is 0 Å². The molecule has 1 unspecified atom stereocenters. The van der Waals surface area contributed by atoms with Crippen LogP contribution >= 0.6 is 11.6 Å². The largest absolute Gasteiger partial charge is 0.444 e. The number of hydrogen-bond donors (Lipinski definition) is 2. The first-order chi connectivity index (χ1) is 9.40. The molecule has 0 heterocycles. The van der Waals surface area contributed by atoms with E-state index in [0.717, 1.165) is 6.07 Å². The molecule has 0 aliphatic heterocycles.